The highest BCUT2D eigenvalue weighted by Crippen LogP contribution is 2.09. The van der Waals surface area contributed by atoms with Crippen molar-refractivity contribution in [2.45, 2.75) is 13.8 Å². The van der Waals surface area contributed by atoms with Crippen LogP contribution in [0.2, 0.25) is 0 Å². The van der Waals surface area contributed by atoms with E-state index in [0.29, 0.717) is 29.5 Å². The first-order valence-corrected chi connectivity index (χ1v) is 6.96. The lowest BCUT2D eigenvalue weighted by Gasteiger charge is -2.11. The van der Waals surface area contributed by atoms with Crippen molar-refractivity contribution >= 4 is 0 Å². The van der Waals surface area contributed by atoms with Crippen molar-refractivity contribution in [3.63, 3.8) is 0 Å². The molecule has 0 fully saturated rings. The number of allylic oxidation sites excluding steroid dienone is 8. The Kier molecular flexibility index (Phi) is 10.9. The predicted octanol–water partition coefficient (Wildman–Crippen LogP) is 3.44. The average molecular weight is 302 g/mol. The lowest BCUT2D eigenvalue weighted by atomic mass is 10.3. The molecule has 4 heteroatoms. The van der Waals surface area contributed by atoms with E-state index < -0.39 is 0 Å². The summed E-state index contributed by atoms with van der Waals surface area (Å²) in [5.41, 5.74) is 12.5. The highest BCUT2D eigenvalue weighted by atomic mass is 16.5. The van der Waals surface area contributed by atoms with E-state index in [1.165, 1.54) is 6.08 Å². The summed E-state index contributed by atoms with van der Waals surface area (Å²) in [7, 11) is 0. The molecule has 4 nitrogen and oxygen atoms in total. The monoisotopic (exact) mass is 302 g/mol. The van der Waals surface area contributed by atoms with Crippen LogP contribution in [0.25, 0.3) is 0 Å². The average Bonchev–Trinajstić information content (AvgIpc) is 2.49. The third-order valence-electron chi connectivity index (χ3n) is 2.32. The van der Waals surface area contributed by atoms with Gasteiger partial charge in [0.2, 0.25) is 0 Å². The highest BCUT2D eigenvalue weighted by molar-refractivity contribution is 5.23. The van der Waals surface area contributed by atoms with Crippen LogP contribution in [0.15, 0.2) is 84.7 Å². The molecule has 120 valence electrons. The SMILES string of the molecule is C=C/C(N)=C\C(=C)O/C(=C/C=C\C)COC/C(N)=C\C=C/C. The smallest absolute Gasteiger partial charge is 0.130 e. The van der Waals surface area contributed by atoms with Crippen molar-refractivity contribution in [3.8, 4) is 0 Å². The van der Waals surface area contributed by atoms with Crippen molar-refractivity contribution in [2.75, 3.05) is 13.2 Å². The van der Waals surface area contributed by atoms with Gasteiger partial charge in [-0.15, -0.1) is 0 Å². The zero-order chi connectivity index (χ0) is 16.8. The van der Waals surface area contributed by atoms with Gasteiger partial charge < -0.3 is 20.9 Å². The second-order valence-corrected chi connectivity index (χ2v) is 4.34. The molecule has 0 aliphatic carbocycles. The standard InChI is InChI=1S/C18H26N2O2/c1-5-8-10-17(20)13-21-14-18(11-9-6-2)22-15(4)12-16(19)7-3/h5-12H,3-4,13-14,19-20H2,1-2H3/b8-5-,9-6-,16-12+,17-10+,18-11+. The van der Waals surface area contributed by atoms with Gasteiger partial charge in [0.1, 0.15) is 18.1 Å². The van der Waals surface area contributed by atoms with E-state index >= 15 is 0 Å². The first kappa shape index (κ1) is 19.5. The molecule has 0 saturated heterocycles. The molecule has 0 bridgehead atoms. The zero-order valence-electron chi connectivity index (χ0n) is 13.4. The minimum Gasteiger partial charge on any atom is -0.460 e. The fraction of sp³-hybridized carbons (Fsp3) is 0.222. The van der Waals surface area contributed by atoms with Gasteiger partial charge in [0.15, 0.2) is 0 Å². The van der Waals surface area contributed by atoms with Crippen molar-refractivity contribution in [1.29, 1.82) is 0 Å². The van der Waals surface area contributed by atoms with Gasteiger partial charge in [-0.1, -0.05) is 37.5 Å². The van der Waals surface area contributed by atoms with Crippen LogP contribution in [0.5, 0.6) is 0 Å². The summed E-state index contributed by atoms with van der Waals surface area (Å²) < 4.78 is 11.1. The van der Waals surface area contributed by atoms with Crippen LogP contribution in [0, 0.1) is 0 Å². The molecule has 0 aliphatic rings. The largest absolute Gasteiger partial charge is 0.460 e. The zero-order valence-corrected chi connectivity index (χ0v) is 13.4. The van der Waals surface area contributed by atoms with Gasteiger partial charge in [-0.2, -0.15) is 0 Å². The number of rotatable bonds is 10. The van der Waals surface area contributed by atoms with Crippen molar-refractivity contribution in [2.24, 2.45) is 11.5 Å². The summed E-state index contributed by atoms with van der Waals surface area (Å²) in [6.45, 7) is 11.8. The van der Waals surface area contributed by atoms with Crippen molar-refractivity contribution in [3.05, 3.63) is 84.7 Å². The van der Waals surface area contributed by atoms with Crippen LogP contribution in [-0.4, -0.2) is 13.2 Å². The Hall–Kier alpha value is -2.46. The normalized spacial score (nSPS) is 13.8. The van der Waals surface area contributed by atoms with Gasteiger partial charge in [0.05, 0.1) is 6.61 Å². The fourth-order valence-corrected chi connectivity index (χ4v) is 1.30. The number of nitrogens with two attached hydrogens (primary N) is 2. The van der Waals surface area contributed by atoms with E-state index in [-0.39, 0.29) is 6.61 Å². The Morgan fingerprint density at radius 1 is 1.05 bits per heavy atom. The van der Waals surface area contributed by atoms with Crippen LogP contribution in [0.4, 0.5) is 0 Å². The Balaban J connectivity index is 4.61. The second kappa shape index (κ2) is 12.3. The minimum atomic E-state index is 0.273. The first-order chi connectivity index (χ1) is 10.5. The molecule has 0 heterocycles. The molecular formula is C18H26N2O2. The molecule has 0 aromatic carbocycles. The van der Waals surface area contributed by atoms with Gasteiger partial charge in [0.25, 0.3) is 0 Å². The van der Waals surface area contributed by atoms with E-state index in [1.54, 1.807) is 18.2 Å². The molecule has 0 radical (unpaired) electrons. The minimum absolute atomic E-state index is 0.273. The van der Waals surface area contributed by atoms with Gasteiger partial charge in [-0.25, -0.2) is 0 Å². The Morgan fingerprint density at radius 2 is 1.68 bits per heavy atom. The van der Waals surface area contributed by atoms with Crippen molar-refractivity contribution < 1.29 is 9.47 Å². The second-order valence-electron chi connectivity index (χ2n) is 4.34. The number of hydrogen-bond acceptors (Lipinski definition) is 4. The molecule has 4 N–H and O–H groups in total. The maximum atomic E-state index is 5.79. The van der Waals surface area contributed by atoms with Crippen LogP contribution >= 0.6 is 0 Å². The molecule has 0 aromatic heterocycles. The lowest BCUT2D eigenvalue weighted by Crippen LogP contribution is -2.09. The lowest BCUT2D eigenvalue weighted by molar-refractivity contribution is 0.136. The number of ether oxygens (including phenoxy) is 2. The summed E-state index contributed by atoms with van der Waals surface area (Å²) in [6, 6.07) is 0. The van der Waals surface area contributed by atoms with Crippen LogP contribution in [0.1, 0.15) is 13.8 Å². The molecule has 0 unspecified atom stereocenters. The van der Waals surface area contributed by atoms with Crippen LogP contribution in [-0.2, 0) is 9.47 Å². The Labute approximate surface area is 133 Å². The van der Waals surface area contributed by atoms with Crippen molar-refractivity contribution in [1.82, 2.24) is 0 Å². The molecule has 0 atom stereocenters. The topological polar surface area (TPSA) is 70.5 Å². The quantitative estimate of drug-likeness (QED) is 0.479. The molecule has 0 aromatic rings. The fourth-order valence-electron chi connectivity index (χ4n) is 1.30. The van der Waals surface area contributed by atoms with Crippen LogP contribution in [0.3, 0.4) is 0 Å². The maximum Gasteiger partial charge on any atom is 0.130 e. The third kappa shape index (κ3) is 10.3. The van der Waals surface area contributed by atoms with E-state index in [9.17, 15) is 0 Å². The van der Waals surface area contributed by atoms with E-state index in [2.05, 4.69) is 13.2 Å². The summed E-state index contributed by atoms with van der Waals surface area (Å²) in [5.74, 6) is 1.02. The van der Waals surface area contributed by atoms with Crippen LogP contribution < -0.4 is 11.5 Å². The first-order valence-electron chi connectivity index (χ1n) is 6.96. The molecular weight excluding hydrogens is 276 g/mol. The molecule has 0 spiro atoms. The van der Waals surface area contributed by atoms with Gasteiger partial charge in [0, 0.05) is 17.5 Å². The highest BCUT2D eigenvalue weighted by Gasteiger charge is 2.01. The molecule has 22 heavy (non-hydrogen) atoms. The molecule has 0 rings (SSSR count). The van der Waals surface area contributed by atoms with Gasteiger partial charge >= 0.3 is 0 Å². The molecule has 0 amide bonds. The third-order valence-corrected chi connectivity index (χ3v) is 2.32. The van der Waals surface area contributed by atoms with E-state index in [1.807, 2.05) is 38.2 Å². The van der Waals surface area contributed by atoms with Gasteiger partial charge in [-0.05, 0) is 32.1 Å². The van der Waals surface area contributed by atoms with Gasteiger partial charge in [-0.3, -0.25) is 0 Å². The Bertz CT molecular complexity index is 509. The number of hydrogen-bond donors (Lipinski definition) is 2. The molecule has 0 saturated carbocycles. The molecule has 0 aliphatic heterocycles. The summed E-state index contributed by atoms with van der Waals surface area (Å²) in [5, 5.41) is 0. The Morgan fingerprint density at radius 3 is 2.27 bits per heavy atom. The summed E-state index contributed by atoms with van der Waals surface area (Å²) in [4.78, 5) is 0. The predicted molar refractivity (Wildman–Crippen MR) is 93.5 cm³/mol. The summed E-state index contributed by atoms with van der Waals surface area (Å²) in [6.07, 6.45) is 14.2. The maximum absolute atomic E-state index is 5.79. The van der Waals surface area contributed by atoms with E-state index in [4.69, 9.17) is 20.9 Å². The summed E-state index contributed by atoms with van der Waals surface area (Å²) >= 11 is 0. The van der Waals surface area contributed by atoms with E-state index in [0.717, 1.165) is 0 Å².